The lowest BCUT2D eigenvalue weighted by Gasteiger charge is -1.86. The fourth-order valence-corrected chi connectivity index (χ4v) is 0.897. The van der Waals surface area contributed by atoms with E-state index in [1.807, 2.05) is 30.1 Å². The van der Waals surface area contributed by atoms with Crippen LogP contribution in [0.25, 0.3) is 6.08 Å². The highest BCUT2D eigenvalue weighted by molar-refractivity contribution is 7.21. The molecule has 0 saturated heterocycles. The van der Waals surface area contributed by atoms with Gasteiger partial charge in [-0.15, -0.1) is 9.24 Å². The molecule has 46 valence electrons. The van der Waals surface area contributed by atoms with E-state index in [4.69, 9.17) is 0 Å². The summed E-state index contributed by atoms with van der Waals surface area (Å²) < 4.78 is 0. The van der Waals surface area contributed by atoms with E-state index < -0.39 is 0 Å². The first-order valence-electron chi connectivity index (χ1n) is 2.87. The van der Waals surface area contributed by atoms with Crippen molar-refractivity contribution in [1.82, 2.24) is 0 Å². The van der Waals surface area contributed by atoms with E-state index >= 15 is 0 Å². The predicted molar refractivity (Wildman–Crippen MR) is 45.2 cm³/mol. The fraction of sp³-hybridized carbons (Fsp3) is 0. The van der Waals surface area contributed by atoms with Crippen molar-refractivity contribution in [1.29, 1.82) is 0 Å². The molecular formula is C8H9P. The van der Waals surface area contributed by atoms with Crippen LogP contribution in [-0.4, -0.2) is 0 Å². The lowest BCUT2D eigenvalue weighted by atomic mass is 10.2. The van der Waals surface area contributed by atoms with Crippen LogP contribution in [0, 0.1) is 0 Å². The Morgan fingerprint density at radius 1 is 1.11 bits per heavy atom. The summed E-state index contributed by atoms with van der Waals surface area (Å²) in [6.45, 7) is 0. The van der Waals surface area contributed by atoms with Gasteiger partial charge in [-0.1, -0.05) is 42.2 Å². The van der Waals surface area contributed by atoms with E-state index in [-0.39, 0.29) is 0 Å². The Morgan fingerprint density at radius 3 is 2.33 bits per heavy atom. The summed E-state index contributed by atoms with van der Waals surface area (Å²) in [5.41, 5.74) is 1.24. The van der Waals surface area contributed by atoms with Crippen LogP contribution in [-0.2, 0) is 0 Å². The first-order chi connectivity index (χ1) is 4.43. The minimum atomic E-state index is 1.24. The van der Waals surface area contributed by atoms with Crippen LogP contribution in [0.3, 0.4) is 0 Å². The maximum atomic E-state index is 2.55. The van der Waals surface area contributed by atoms with Crippen LogP contribution in [0.4, 0.5) is 0 Å². The molecule has 1 heteroatoms. The van der Waals surface area contributed by atoms with Crippen LogP contribution >= 0.6 is 9.24 Å². The standard InChI is InChI=1S/C8H9P/c9-7-6-8-4-2-1-3-5-8/h1-7H,9H2. The Hall–Kier alpha value is -0.610. The lowest BCUT2D eigenvalue weighted by Crippen LogP contribution is -1.64. The Labute approximate surface area is 57.8 Å². The second-order valence-corrected chi connectivity index (χ2v) is 2.15. The van der Waals surface area contributed by atoms with E-state index in [0.717, 1.165) is 0 Å². The smallest absolute Gasteiger partial charge is 0.0256 e. The van der Waals surface area contributed by atoms with Gasteiger partial charge in [0.25, 0.3) is 0 Å². The molecule has 0 fully saturated rings. The molecule has 0 saturated carbocycles. The van der Waals surface area contributed by atoms with E-state index in [1.165, 1.54) is 5.56 Å². The molecule has 1 atom stereocenters. The van der Waals surface area contributed by atoms with Gasteiger partial charge >= 0.3 is 0 Å². The third-order valence-electron chi connectivity index (χ3n) is 1.09. The van der Waals surface area contributed by atoms with Gasteiger partial charge in [0.1, 0.15) is 0 Å². The van der Waals surface area contributed by atoms with Gasteiger partial charge in [-0.05, 0) is 5.56 Å². The molecule has 0 nitrogen and oxygen atoms in total. The molecule has 1 unspecified atom stereocenters. The summed E-state index contributed by atoms with van der Waals surface area (Å²) in [6.07, 6.45) is 2.05. The monoisotopic (exact) mass is 136 g/mol. The van der Waals surface area contributed by atoms with Gasteiger partial charge in [0.15, 0.2) is 0 Å². The number of rotatable bonds is 1. The van der Waals surface area contributed by atoms with Crippen molar-refractivity contribution in [2.45, 2.75) is 0 Å². The molecular weight excluding hydrogens is 127 g/mol. The maximum Gasteiger partial charge on any atom is -0.0256 e. The van der Waals surface area contributed by atoms with E-state index in [2.05, 4.69) is 21.4 Å². The Kier molecular flexibility index (Phi) is 2.48. The molecule has 0 heterocycles. The van der Waals surface area contributed by atoms with E-state index in [1.54, 1.807) is 0 Å². The highest BCUT2D eigenvalue weighted by Gasteiger charge is 1.77. The molecule has 0 N–H and O–H groups in total. The summed E-state index contributed by atoms with van der Waals surface area (Å²) in [5.74, 6) is 1.95. The van der Waals surface area contributed by atoms with Crippen LogP contribution < -0.4 is 0 Å². The zero-order chi connectivity index (χ0) is 6.53. The zero-order valence-corrected chi connectivity index (χ0v) is 6.27. The van der Waals surface area contributed by atoms with Gasteiger partial charge in [-0.2, -0.15) is 0 Å². The molecule has 0 aliphatic rings. The number of benzene rings is 1. The molecule has 1 aromatic carbocycles. The van der Waals surface area contributed by atoms with Crippen molar-refractivity contribution in [2.75, 3.05) is 0 Å². The van der Waals surface area contributed by atoms with Gasteiger partial charge in [0.2, 0.25) is 0 Å². The third-order valence-corrected chi connectivity index (χ3v) is 1.28. The first kappa shape index (κ1) is 6.51. The highest BCUT2D eigenvalue weighted by Crippen LogP contribution is 2.01. The summed E-state index contributed by atoms with van der Waals surface area (Å²) in [4.78, 5) is 0. The second-order valence-electron chi connectivity index (χ2n) is 1.77. The van der Waals surface area contributed by atoms with Gasteiger partial charge in [-0.3, -0.25) is 0 Å². The van der Waals surface area contributed by atoms with Crippen LogP contribution in [0.1, 0.15) is 5.56 Å². The summed E-state index contributed by atoms with van der Waals surface area (Å²) in [7, 11) is 2.55. The minimum absolute atomic E-state index is 1.24. The van der Waals surface area contributed by atoms with Crippen molar-refractivity contribution in [3.05, 3.63) is 41.7 Å². The molecule has 0 aromatic heterocycles. The minimum Gasteiger partial charge on any atom is -0.114 e. The van der Waals surface area contributed by atoms with Gasteiger partial charge in [0.05, 0.1) is 0 Å². The van der Waals surface area contributed by atoms with Crippen molar-refractivity contribution in [2.24, 2.45) is 0 Å². The van der Waals surface area contributed by atoms with Crippen LogP contribution in [0.2, 0.25) is 0 Å². The Balaban J connectivity index is 2.85. The normalized spacial score (nSPS) is 10.3. The van der Waals surface area contributed by atoms with E-state index in [9.17, 15) is 0 Å². The van der Waals surface area contributed by atoms with Gasteiger partial charge < -0.3 is 0 Å². The van der Waals surface area contributed by atoms with Crippen LogP contribution in [0.15, 0.2) is 36.1 Å². The summed E-state index contributed by atoms with van der Waals surface area (Å²) in [5, 5.41) is 0. The average Bonchev–Trinajstić information content (AvgIpc) is 1.91. The maximum absolute atomic E-state index is 2.55. The second kappa shape index (κ2) is 3.42. The first-order valence-corrected chi connectivity index (χ1v) is 3.53. The Bertz CT molecular complexity index is 189. The highest BCUT2D eigenvalue weighted by atomic mass is 31.0. The topological polar surface area (TPSA) is 0 Å². The molecule has 9 heavy (non-hydrogen) atoms. The SMILES string of the molecule is PC=Cc1ccccc1. The average molecular weight is 136 g/mol. The molecule has 0 radical (unpaired) electrons. The quantitative estimate of drug-likeness (QED) is 0.520. The molecule has 1 rings (SSSR count). The summed E-state index contributed by atoms with van der Waals surface area (Å²) >= 11 is 0. The fourth-order valence-electron chi connectivity index (χ4n) is 0.675. The summed E-state index contributed by atoms with van der Waals surface area (Å²) in [6, 6.07) is 10.2. The zero-order valence-electron chi connectivity index (χ0n) is 5.12. The van der Waals surface area contributed by atoms with Crippen molar-refractivity contribution in [3.8, 4) is 0 Å². The largest absolute Gasteiger partial charge is 0.114 e. The molecule has 1 aromatic rings. The van der Waals surface area contributed by atoms with E-state index in [0.29, 0.717) is 0 Å². The third kappa shape index (κ3) is 1.99. The predicted octanol–water partition coefficient (Wildman–Crippen LogP) is 2.53. The molecule has 0 aliphatic heterocycles. The number of hydrogen-bond acceptors (Lipinski definition) is 0. The molecule has 0 amide bonds. The molecule has 0 spiro atoms. The van der Waals surface area contributed by atoms with Crippen molar-refractivity contribution >= 4 is 15.3 Å². The Morgan fingerprint density at radius 2 is 1.78 bits per heavy atom. The van der Waals surface area contributed by atoms with Gasteiger partial charge in [-0.25, -0.2) is 0 Å². The number of hydrogen-bond donors (Lipinski definition) is 0. The van der Waals surface area contributed by atoms with Crippen molar-refractivity contribution < 1.29 is 0 Å². The van der Waals surface area contributed by atoms with Crippen LogP contribution in [0.5, 0.6) is 0 Å². The molecule has 0 bridgehead atoms. The van der Waals surface area contributed by atoms with Gasteiger partial charge in [0, 0.05) is 0 Å². The molecule has 0 aliphatic carbocycles. The van der Waals surface area contributed by atoms with Crippen molar-refractivity contribution in [3.63, 3.8) is 0 Å². The lowest BCUT2D eigenvalue weighted by molar-refractivity contribution is 1.67.